The average molecular weight is 318 g/mol. The Hall–Kier alpha value is -1.88. The van der Waals surface area contributed by atoms with E-state index < -0.39 is 0 Å². The van der Waals surface area contributed by atoms with Crippen molar-refractivity contribution in [3.8, 4) is 5.75 Å². The van der Waals surface area contributed by atoms with E-state index in [0.29, 0.717) is 23.8 Å². The summed E-state index contributed by atoms with van der Waals surface area (Å²) < 4.78 is 5.49. The van der Waals surface area contributed by atoms with Gasteiger partial charge in [-0.2, -0.15) is 0 Å². The lowest BCUT2D eigenvalue weighted by Gasteiger charge is -2.30. The highest BCUT2D eigenvalue weighted by atomic mass is 16.5. The van der Waals surface area contributed by atoms with Crippen molar-refractivity contribution in [2.75, 3.05) is 13.2 Å². The van der Waals surface area contributed by atoms with Crippen molar-refractivity contribution in [1.82, 2.24) is 5.32 Å². The molecule has 0 radical (unpaired) electrons. The minimum atomic E-state index is -0.167. The third kappa shape index (κ3) is 5.36. The molecule has 0 saturated heterocycles. The second-order valence-electron chi connectivity index (χ2n) is 6.18. The Morgan fingerprint density at radius 2 is 2.04 bits per heavy atom. The Bertz CT molecular complexity index is 539. The number of Topliss-reactive ketones (excluding diaryl/α,β-unsaturated/α-hetero) is 1. The molecule has 1 atom stereocenters. The fourth-order valence-electron chi connectivity index (χ4n) is 3.11. The SMILES string of the molecule is CC(=O)c1cccc(OCC(=O)NC(CN)C2CCCCC2)c1. The van der Waals surface area contributed by atoms with Gasteiger partial charge in [0.15, 0.2) is 12.4 Å². The van der Waals surface area contributed by atoms with Crippen LogP contribution in [0.4, 0.5) is 0 Å². The molecule has 1 unspecified atom stereocenters. The van der Waals surface area contributed by atoms with Gasteiger partial charge in [0, 0.05) is 18.2 Å². The molecule has 0 aromatic heterocycles. The monoisotopic (exact) mass is 318 g/mol. The highest BCUT2D eigenvalue weighted by Gasteiger charge is 2.24. The number of nitrogens with two attached hydrogens (primary N) is 1. The maximum absolute atomic E-state index is 12.1. The van der Waals surface area contributed by atoms with Gasteiger partial charge in [0.25, 0.3) is 5.91 Å². The first-order valence-corrected chi connectivity index (χ1v) is 8.33. The summed E-state index contributed by atoms with van der Waals surface area (Å²) in [7, 11) is 0. The van der Waals surface area contributed by atoms with Gasteiger partial charge < -0.3 is 15.8 Å². The maximum Gasteiger partial charge on any atom is 0.258 e. The van der Waals surface area contributed by atoms with E-state index in [9.17, 15) is 9.59 Å². The summed E-state index contributed by atoms with van der Waals surface area (Å²) in [5.74, 6) is 0.799. The van der Waals surface area contributed by atoms with E-state index >= 15 is 0 Å². The number of ketones is 1. The molecule has 1 aliphatic carbocycles. The third-order valence-corrected chi connectivity index (χ3v) is 4.43. The van der Waals surface area contributed by atoms with Gasteiger partial charge >= 0.3 is 0 Å². The molecule has 1 amide bonds. The molecule has 1 aromatic rings. The van der Waals surface area contributed by atoms with Crippen LogP contribution in [0.1, 0.15) is 49.4 Å². The van der Waals surface area contributed by atoms with E-state index in [1.165, 1.54) is 26.2 Å². The van der Waals surface area contributed by atoms with Gasteiger partial charge in [-0.3, -0.25) is 9.59 Å². The van der Waals surface area contributed by atoms with Gasteiger partial charge in [0.2, 0.25) is 0 Å². The van der Waals surface area contributed by atoms with Crippen LogP contribution in [0.25, 0.3) is 0 Å². The molecule has 1 aromatic carbocycles. The minimum Gasteiger partial charge on any atom is -0.484 e. The quantitative estimate of drug-likeness (QED) is 0.756. The molecule has 0 spiro atoms. The number of amides is 1. The number of nitrogens with one attached hydrogen (secondary N) is 1. The highest BCUT2D eigenvalue weighted by molar-refractivity contribution is 5.94. The Labute approximate surface area is 137 Å². The number of rotatable bonds is 7. The molecule has 5 heteroatoms. The van der Waals surface area contributed by atoms with E-state index in [1.54, 1.807) is 24.3 Å². The first kappa shape index (κ1) is 17.5. The number of benzene rings is 1. The van der Waals surface area contributed by atoms with Gasteiger partial charge in [0.1, 0.15) is 5.75 Å². The minimum absolute atomic E-state index is 0.0231. The van der Waals surface area contributed by atoms with Crippen molar-refractivity contribution < 1.29 is 14.3 Å². The molecule has 1 aliphatic rings. The molecule has 126 valence electrons. The molecule has 23 heavy (non-hydrogen) atoms. The van der Waals surface area contributed by atoms with Gasteiger partial charge in [0.05, 0.1) is 0 Å². The molecule has 1 fully saturated rings. The second kappa shape index (κ2) is 8.67. The van der Waals surface area contributed by atoms with E-state index in [0.717, 1.165) is 12.8 Å². The van der Waals surface area contributed by atoms with Gasteiger partial charge in [-0.15, -0.1) is 0 Å². The predicted octanol–water partition coefficient (Wildman–Crippen LogP) is 2.29. The van der Waals surface area contributed by atoms with Crippen LogP contribution in [0.15, 0.2) is 24.3 Å². The largest absolute Gasteiger partial charge is 0.484 e. The van der Waals surface area contributed by atoms with E-state index in [2.05, 4.69) is 5.32 Å². The smallest absolute Gasteiger partial charge is 0.258 e. The zero-order chi connectivity index (χ0) is 16.7. The molecule has 3 N–H and O–H groups in total. The maximum atomic E-state index is 12.1. The predicted molar refractivity (Wildman–Crippen MR) is 89.5 cm³/mol. The van der Waals surface area contributed by atoms with Crippen molar-refractivity contribution in [3.05, 3.63) is 29.8 Å². The first-order chi connectivity index (χ1) is 11.1. The summed E-state index contributed by atoms with van der Waals surface area (Å²) in [4.78, 5) is 23.4. The van der Waals surface area contributed by atoms with Crippen LogP contribution in [-0.2, 0) is 4.79 Å². The van der Waals surface area contributed by atoms with Crippen molar-refractivity contribution in [3.63, 3.8) is 0 Å². The molecule has 0 heterocycles. The lowest BCUT2D eigenvalue weighted by Crippen LogP contribution is -2.47. The van der Waals surface area contributed by atoms with Crippen LogP contribution in [0.5, 0.6) is 5.75 Å². The van der Waals surface area contributed by atoms with E-state index in [4.69, 9.17) is 10.5 Å². The molecule has 5 nitrogen and oxygen atoms in total. The number of hydrogen-bond acceptors (Lipinski definition) is 4. The van der Waals surface area contributed by atoms with Crippen molar-refractivity contribution in [2.24, 2.45) is 11.7 Å². The average Bonchev–Trinajstić information content (AvgIpc) is 2.59. The summed E-state index contributed by atoms with van der Waals surface area (Å²) in [5.41, 5.74) is 6.39. The van der Waals surface area contributed by atoms with E-state index in [1.807, 2.05) is 0 Å². The lowest BCUT2D eigenvalue weighted by molar-refractivity contribution is -0.124. The first-order valence-electron chi connectivity index (χ1n) is 8.33. The lowest BCUT2D eigenvalue weighted by atomic mass is 9.84. The highest BCUT2D eigenvalue weighted by Crippen LogP contribution is 2.26. The van der Waals surface area contributed by atoms with Crippen LogP contribution in [0, 0.1) is 5.92 Å². The summed E-state index contributed by atoms with van der Waals surface area (Å²) in [6.07, 6.45) is 5.96. The van der Waals surface area contributed by atoms with Crippen LogP contribution >= 0.6 is 0 Å². The number of carbonyl (C=O) groups excluding carboxylic acids is 2. The molecule has 1 saturated carbocycles. The Kier molecular flexibility index (Phi) is 6.59. The van der Waals surface area contributed by atoms with E-state index in [-0.39, 0.29) is 24.3 Å². The third-order valence-electron chi connectivity index (χ3n) is 4.43. The summed E-state index contributed by atoms with van der Waals surface area (Å²) in [5, 5.41) is 2.99. The fourth-order valence-corrected chi connectivity index (χ4v) is 3.11. The Balaban J connectivity index is 1.84. The Morgan fingerprint density at radius 1 is 1.30 bits per heavy atom. The fraction of sp³-hybridized carbons (Fsp3) is 0.556. The van der Waals surface area contributed by atoms with Crippen LogP contribution in [0.2, 0.25) is 0 Å². The molecular weight excluding hydrogens is 292 g/mol. The standard InChI is InChI=1S/C18H26N2O3/c1-13(21)15-8-5-9-16(10-15)23-12-18(22)20-17(11-19)14-6-3-2-4-7-14/h5,8-10,14,17H,2-4,6-7,11-12,19H2,1H3,(H,20,22). The number of carbonyl (C=O) groups is 2. The number of ether oxygens (including phenoxy) is 1. The molecular formula is C18H26N2O3. The molecule has 0 bridgehead atoms. The molecule has 2 rings (SSSR count). The Morgan fingerprint density at radius 3 is 2.70 bits per heavy atom. The molecule has 0 aliphatic heterocycles. The van der Waals surface area contributed by atoms with Crippen LogP contribution in [0.3, 0.4) is 0 Å². The van der Waals surface area contributed by atoms with Crippen molar-refractivity contribution in [2.45, 2.75) is 45.1 Å². The van der Waals surface area contributed by atoms with Gasteiger partial charge in [-0.1, -0.05) is 31.4 Å². The second-order valence-corrected chi connectivity index (χ2v) is 6.18. The summed E-state index contributed by atoms with van der Waals surface area (Å²) >= 11 is 0. The van der Waals surface area contributed by atoms with Crippen molar-refractivity contribution in [1.29, 1.82) is 0 Å². The van der Waals surface area contributed by atoms with Crippen LogP contribution in [-0.4, -0.2) is 30.9 Å². The van der Waals surface area contributed by atoms with Gasteiger partial charge in [-0.25, -0.2) is 0 Å². The normalized spacial score (nSPS) is 16.6. The summed E-state index contributed by atoms with van der Waals surface area (Å²) in [6.45, 7) is 1.89. The van der Waals surface area contributed by atoms with Crippen molar-refractivity contribution >= 4 is 11.7 Å². The zero-order valence-electron chi connectivity index (χ0n) is 13.7. The topological polar surface area (TPSA) is 81.4 Å². The summed E-state index contributed by atoms with van der Waals surface area (Å²) in [6, 6.07) is 6.88. The van der Waals surface area contributed by atoms with Crippen LogP contribution < -0.4 is 15.8 Å². The van der Waals surface area contributed by atoms with Gasteiger partial charge in [-0.05, 0) is 37.8 Å². The zero-order valence-corrected chi connectivity index (χ0v) is 13.7. The number of hydrogen-bond donors (Lipinski definition) is 2.